The van der Waals surface area contributed by atoms with Crippen molar-refractivity contribution in [2.75, 3.05) is 37.5 Å². The number of carbonyl (C=O) groups excluding carboxylic acids is 1. The summed E-state index contributed by atoms with van der Waals surface area (Å²) < 4.78 is 26.7. The van der Waals surface area contributed by atoms with Gasteiger partial charge >= 0.3 is 0 Å². The first-order valence-corrected chi connectivity index (χ1v) is 11.9. The second kappa shape index (κ2) is 9.54. The van der Waals surface area contributed by atoms with Crippen LogP contribution in [0.4, 0.5) is 5.69 Å². The van der Waals surface area contributed by atoms with Crippen LogP contribution in [-0.4, -0.2) is 52.5 Å². The Morgan fingerprint density at radius 2 is 1.86 bits per heavy atom. The molecule has 0 aliphatic carbocycles. The highest BCUT2D eigenvalue weighted by molar-refractivity contribution is 7.94. The highest BCUT2D eigenvalue weighted by atomic mass is 32.2. The fourth-order valence-electron chi connectivity index (χ4n) is 3.30. The van der Waals surface area contributed by atoms with Gasteiger partial charge in [-0.1, -0.05) is 12.5 Å². The normalized spacial score (nSPS) is 15.3. The van der Waals surface area contributed by atoms with Crippen LogP contribution >= 0.6 is 11.3 Å². The molecule has 1 saturated heterocycles. The molecule has 28 heavy (non-hydrogen) atoms. The number of nitrogens with one attached hydrogen (secondary N) is 1. The molecule has 1 fully saturated rings. The number of likely N-dealkylation sites (tertiary alicyclic amines) is 1. The van der Waals surface area contributed by atoms with Crippen LogP contribution < -0.4 is 9.62 Å². The Bertz CT molecular complexity index is 859. The number of thiophene rings is 1. The summed E-state index contributed by atoms with van der Waals surface area (Å²) in [4.78, 5) is 14.8. The minimum Gasteiger partial charge on any atom is -0.352 e. The van der Waals surface area contributed by atoms with Gasteiger partial charge in [-0.05, 0) is 74.6 Å². The van der Waals surface area contributed by atoms with Gasteiger partial charge in [0.15, 0.2) is 0 Å². The van der Waals surface area contributed by atoms with E-state index in [1.54, 1.807) is 41.8 Å². The zero-order valence-corrected chi connectivity index (χ0v) is 17.8. The van der Waals surface area contributed by atoms with Crippen molar-refractivity contribution in [1.82, 2.24) is 10.2 Å². The molecule has 152 valence electrons. The average Bonchev–Trinajstić information content (AvgIpc) is 3.27. The molecule has 2 heterocycles. The lowest BCUT2D eigenvalue weighted by Crippen LogP contribution is -2.33. The highest BCUT2D eigenvalue weighted by Crippen LogP contribution is 2.25. The van der Waals surface area contributed by atoms with E-state index >= 15 is 0 Å². The van der Waals surface area contributed by atoms with Gasteiger partial charge in [0.2, 0.25) is 0 Å². The molecule has 2 aromatic rings. The van der Waals surface area contributed by atoms with Crippen LogP contribution in [0.25, 0.3) is 0 Å². The topological polar surface area (TPSA) is 69.7 Å². The van der Waals surface area contributed by atoms with E-state index in [1.165, 1.54) is 42.0 Å². The monoisotopic (exact) mass is 421 g/mol. The summed E-state index contributed by atoms with van der Waals surface area (Å²) in [5, 5.41) is 4.68. The van der Waals surface area contributed by atoms with Gasteiger partial charge in [0.25, 0.3) is 15.9 Å². The number of hydrogen-bond donors (Lipinski definition) is 1. The smallest absolute Gasteiger partial charge is 0.273 e. The number of anilines is 1. The third-order valence-corrected chi connectivity index (χ3v) is 8.15. The number of piperidine rings is 1. The van der Waals surface area contributed by atoms with Crippen molar-refractivity contribution in [1.29, 1.82) is 0 Å². The van der Waals surface area contributed by atoms with Gasteiger partial charge in [-0.15, -0.1) is 11.3 Å². The number of hydrogen-bond acceptors (Lipinski definition) is 5. The van der Waals surface area contributed by atoms with Crippen molar-refractivity contribution in [2.24, 2.45) is 0 Å². The zero-order valence-electron chi connectivity index (χ0n) is 16.1. The van der Waals surface area contributed by atoms with Crippen molar-refractivity contribution in [3.05, 3.63) is 47.3 Å². The quantitative estimate of drug-likeness (QED) is 0.665. The molecule has 6 nitrogen and oxygen atoms in total. The van der Waals surface area contributed by atoms with E-state index in [4.69, 9.17) is 0 Å². The minimum absolute atomic E-state index is 0.131. The first-order chi connectivity index (χ1) is 13.5. The molecule has 3 rings (SSSR count). The molecule has 0 saturated carbocycles. The molecule has 1 amide bonds. The molecule has 0 atom stereocenters. The second-order valence-corrected chi connectivity index (χ2v) is 10.1. The van der Waals surface area contributed by atoms with Crippen molar-refractivity contribution in [3.8, 4) is 0 Å². The summed E-state index contributed by atoms with van der Waals surface area (Å²) in [5.41, 5.74) is 1.05. The van der Waals surface area contributed by atoms with E-state index < -0.39 is 10.0 Å². The molecule has 1 aliphatic heterocycles. The summed E-state index contributed by atoms with van der Waals surface area (Å²) in [5.74, 6) is -0.131. The minimum atomic E-state index is -3.56. The molecule has 1 N–H and O–H groups in total. The maximum Gasteiger partial charge on any atom is 0.273 e. The van der Waals surface area contributed by atoms with Crippen LogP contribution in [0.5, 0.6) is 0 Å². The van der Waals surface area contributed by atoms with Crippen molar-refractivity contribution in [2.45, 2.75) is 29.9 Å². The third-order valence-electron chi connectivity index (χ3n) is 4.99. The number of sulfonamides is 1. The number of carbonyl (C=O) groups is 1. The second-order valence-electron chi connectivity index (χ2n) is 6.96. The summed E-state index contributed by atoms with van der Waals surface area (Å²) >= 11 is 1.19. The molecule has 0 unspecified atom stereocenters. The van der Waals surface area contributed by atoms with Gasteiger partial charge in [0.1, 0.15) is 4.21 Å². The fourth-order valence-corrected chi connectivity index (χ4v) is 5.65. The molecule has 8 heteroatoms. The van der Waals surface area contributed by atoms with Crippen LogP contribution in [0.15, 0.2) is 46.0 Å². The first kappa shape index (κ1) is 20.8. The Labute approximate surface area is 171 Å². The first-order valence-electron chi connectivity index (χ1n) is 9.61. The van der Waals surface area contributed by atoms with E-state index in [2.05, 4.69) is 10.2 Å². The van der Waals surface area contributed by atoms with Crippen molar-refractivity contribution < 1.29 is 13.2 Å². The molecule has 0 bridgehead atoms. The Balaban J connectivity index is 1.51. The molecule has 0 radical (unpaired) electrons. The van der Waals surface area contributed by atoms with Gasteiger partial charge in [-0.25, -0.2) is 8.42 Å². The van der Waals surface area contributed by atoms with Crippen LogP contribution in [0.3, 0.4) is 0 Å². The molecule has 1 aliphatic rings. The molecular formula is C20H27N3O3S2. The molecule has 1 aromatic heterocycles. The van der Waals surface area contributed by atoms with E-state index in [-0.39, 0.29) is 5.91 Å². The Hall–Kier alpha value is -1.90. The predicted octanol–water partition coefficient (Wildman–Crippen LogP) is 3.18. The van der Waals surface area contributed by atoms with E-state index in [9.17, 15) is 13.2 Å². The lowest BCUT2D eigenvalue weighted by molar-refractivity contribution is 0.0951. The third kappa shape index (κ3) is 5.12. The van der Waals surface area contributed by atoms with Crippen LogP contribution in [-0.2, 0) is 10.0 Å². The average molecular weight is 422 g/mol. The van der Waals surface area contributed by atoms with Gasteiger partial charge in [-0.3, -0.25) is 9.10 Å². The van der Waals surface area contributed by atoms with E-state index in [0.29, 0.717) is 22.0 Å². The Kier molecular flexibility index (Phi) is 7.09. The Morgan fingerprint density at radius 1 is 1.14 bits per heavy atom. The summed E-state index contributed by atoms with van der Waals surface area (Å²) in [6, 6.07) is 9.94. The van der Waals surface area contributed by atoms with E-state index in [0.717, 1.165) is 26.1 Å². The van der Waals surface area contributed by atoms with Crippen molar-refractivity contribution in [3.63, 3.8) is 0 Å². The fraction of sp³-hybridized carbons (Fsp3) is 0.450. The number of benzene rings is 1. The molecule has 1 aromatic carbocycles. The van der Waals surface area contributed by atoms with Crippen LogP contribution in [0.2, 0.25) is 0 Å². The summed E-state index contributed by atoms with van der Waals surface area (Å²) in [6.45, 7) is 3.99. The van der Waals surface area contributed by atoms with Crippen LogP contribution in [0.1, 0.15) is 36.0 Å². The molecular weight excluding hydrogens is 394 g/mol. The lowest BCUT2D eigenvalue weighted by Gasteiger charge is -2.26. The standard InChI is InChI=1S/C20H27N3O3S2/c1-22(28(25,26)19-7-5-16-27-19)18-10-8-17(9-11-18)20(24)21-12-6-15-23-13-3-2-4-14-23/h5,7-11,16H,2-4,6,12-15H2,1H3,(H,21,24). The maximum absolute atomic E-state index is 12.6. The lowest BCUT2D eigenvalue weighted by atomic mass is 10.1. The maximum atomic E-state index is 12.6. The number of nitrogens with zero attached hydrogens (tertiary/aromatic N) is 2. The summed E-state index contributed by atoms with van der Waals surface area (Å²) in [6.07, 6.45) is 4.81. The van der Waals surface area contributed by atoms with Crippen LogP contribution in [0, 0.1) is 0 Å². The SMILES string of the molecule is CN(c1ccc(C(=O)NCCCN2CCCCC2)cc1)S(=O)(=O)c1cccs1. The van der Waals surface area contributed by atoms with Gasteiger partial charge in [0.05, 0.1) is 5.69 Å². The number of rotatable bonds is 8. The predicted molar refractivity (Wildman–Crippen MR) is 114 cm³/mol. The molecule has 0 spiro atoms. The van der Waals surface area contributed by atoms with Gasteiger partial charge in [-0.2, -0.15) is 0 Å². The van der Waals surface area contributed by atoms with E-state index in [1.807, 2.05) is 0 Å². The number of amides is 1. The van der Waals surface area contributed by atoms with Crippen molar-refractivity contribution >= 4 is 33.0 Å². The highest BCUT2D eigenvalue weighted by Gasteiger charge is 2.22. The largest absolute Gasteiger partial charge is 0.352 e. The zero-order chi connectivity index (χ0) is 20.0. The van der Waals surface area contributed by atoms with Gasteiger partial charge in [0, 0.05) is 19.2 Å². The Morgan fingerprint density at radius 3 is 2.50 bits per heavy atom. The van der Waals surface area contributed by atoms with Gasteiger partial charge < -0.3 is 10.2 Å². The summed E-state index contributed by atoms with van der Waals surface area (Å²) in [7, 11) is -2.04.